The molecule has 0 saturated carbocycles. The second kappa shape index (κ2) is 9.14. The molecule has 1 atom stereocenters. The minimum Gasteiger partial charge on any atom is -0.496 e. The third-order valence-electron chi connectivity index (χ3n) is 4.54. The van der Waals surface area contributed by atoms with E-state index in [-0.39, 0.29) is 23.8 Å². The average Bonchev–Trinajstić information content (AvgIpc) is 2.72. The van der Waals surface area contributed by atoms with E-state index in [2.05, 4.69) is 20.3 Å². The highest BCUT2D eigenvalue weighted by atomic mass is 16.5. The Bertz CT molecular complexity index is 1030. The number of aromatic amines is 1. The number of hydrogen-bond donors (Lipinski definition) is 2. The topological polar surface area (TPSA) is 97.0 Å². The molecule has 29 heavy (non-hydrogen) atoms. The molecule has 2 heterocycles. The first kappa shape index (κ1) is 20.3. The monoisotopic (exact) mass is 392 g/mol. The summed E-state index contributed by atoms with van der Waals surface area (Å²) < 4.78 is 5.32. The Kier molecular flexibility index (Phi) is 6.39. The van der Waals surface area contributed by atoms with Crippen molar-refractivity contribution in [3.63, 3.8) is 0 Å². The normalized spacial score (nSPS) is 11.9. The van der Waals surface area contributed by atoms with Crippen LogP contribution < -0.4 is 15.6 Å². The molecule has 7 nitrogen and oxygen atoms in total. The molecule has 0 radical (unpaired) electrons. The van der Waals surface area contributed by atoms with Gasteiger partial charge in [0.05, 0.1) is 25.3 Å². The number of H-pyrrole nitrogens is 1. The van der Waals surface area contributed by atoms with Crippen LogP contribution in [-0.4, -0.2) is 28.0 Å². The molecule has 7 heteroatoms. The molecule has 2 aromatic heterocycles. The van der Waals surface area contributed by atoms with E-state index in [9.17, 15) is 9.59 Å². The summed E-state index contributed by atoms with van der Waals surface area (Å²) >= 11 is 0. The number of methoxy groups -OCH3 is 1. The first-order chi connectivity index (χ1) is 14.0. The van der Waals surface area contributed by atoms with Crippen LogP contribution in [0.4, 0.5) is 0 Å². The van der Waals surface area contributed by atoms with Gasteiger partial charge in [-0.1, -0.05) is 32.0 Å². The van der Waals surface area contributed by atoms with Gasteiger partial charge in [0.1, 0.15) is 11.6 Å². The number of nitrogens with one attached hydrogen (secondary N) is 2. The van der Waals surface area contributed by atoms with Crippen molar-refractivity contribution in [1.82, 2.24) is 20.3 Å². The zero-order valence-corrected chi connectivity index (χ0v) is 16.7. The number of benzene rings is 1. The van der Waals surface area contributed by atoms with Gasteiger partial charge >= 0.3 is 0 Å². The number of carbonyl (C=O) groups excluding carboxylic acids is 1. The van der Waals surface area contributed by atoms with Crippen LogP contribution in [0, 0.1) is 5.92 Å². The summed E-state index contributed by atoms with van der Waals surface area (Å²) in [5, 5.41) is 3.01. The van der Waals surface area contributed by atoms with Gasteiger partial charge in [-0.3, -0.25) is 14.6 Å². The van der Waals surface area contributed by atoms with Gasteiger partial charge in [0.25, 0.3) is 5.56 Å². The van der Waals surface area contributed by atoms with Crippen LogP contribution in [-0.2, 0) is 11.2 Å². The molecule has 0 aliphatic heterocycles. The van der Waals surface area contributed by atoms with Crippen LogP contribution in [0.5, 0.6) is 5.75 Å². The first-order valence-electron chi connectivity index (χ1n) is 9.41. The minimum atomic E-state index is -0.407. The highest BCUT2D eigenvalue weighted by molar-refractivity contribution is 5.79. The fraction of sp³-hybridized carbons (Fsp3) is 0.273. The van der Waals surface area contributed by atoms with E-state index in [4.69, 9.17) is 4.74 Å². The molecular formula is C22H24N4O3. The van der Waals surface area contributed by atoms with Crippen molar-refractivity contribution in [2.75, 3.05) is 7.11 Å². The van der Waals surface area contributed by atoms with Gasteiger partial charge < -0.3 is 15.0 Å². The van der Waals surface area contributed by atoms with Crippen molar-refractivity contribution in [3.05, 3.63) is 76.5 Å². The van der Waals surface area contributed by atoms with E-state index < -0.39 is 6.04 Å². The summed E-state index contributed by atoms with van der Waals surface area (Å²) in [5.74, 6) is 0.952. The van der Waals surface area contributed by atoms with Gasteiger partial charge in [-0.25, -0.2) is 4.98 Å². The summed E-state index contributed by atoms with van der Waals surface area (Å²) in [6.07, 6.45) is 3.46. The Labute approximate surface area is 169 Å². The second-order valence-corrected chi connectivity index (χ2v) is 7.04. The van der Waals surface area contributed by atoms with Crippen LogP contribution in [0.15, 0.2) is 59.7 Å². The fourth-order valence-corrected chi connectivity index (χ4v) is 3.10. The smallest absolute Gasteiger partial charge is 0.251 e. The van der Waals surface area contributed by atoms with E-state index in [1.807, 2.05) is 44.2 Å². The first-order valence-corrected chi connectivity index (χ1v) is 9.41. The molecule has 1 aromatic carbocycles. The highest BCUT2D eigenvalue weighted by Gasteiger charge is 2.22. The van der Waals surface area contributed by atoms with Gasteiger partial charge in [-0.05, 0) is 24.1 Å². The molecule has 1 amide bonds. The van der Waals surface area contributed by atoms with E-state index in [0.717, 1.165) is 5.56 Å². The Morgan fingerprint density at radius 2 is 2.00 bits per heavy atom. The maximum atomic E-state index is 12.7. The molecule has 0 bridgehead atoms. The van der Waals surface area contributed by atoms with Crippen LogP contribution in [0.3, 0.4) is 0 Å². The number of rotatable bonds is 7. The quantitative estimate of drug-likeness (QED) is 0.644. The molecule has 0 spiro atoms. The van der Waals surface area contributed by atoms with Crippen molar-refractivity contribution in [2.45, 2.75) is 26.3 Å². The highest BCUT2D eigenvalue weighted by Crippen LogP contribution is 2.22. The van der Waals surface area contributed by atoms with Crippen LogP contribution in [0.25, 0.3) is 11.4 Å². The van der Waals surface area contributed by atoms with Crippen LogP contribution in [0.2, 0.25) is 0 Å². The van der Waals surface area contributed by atoms with Crippen molar-refractivity contribution >= 4 is 5.91 Å². The summed E-state index contributed by atoms with van der Waals surface area (Å²) in [6, 6.07) is 12.0. The van der Waals surface area contributed by atoms with Crippen LogP contribution in [0.1, 0.15) is 31.1 Å². The number of aromatic nitrogens is 3. The lowest BCUT2D eigenvalue weighted by atomic mass is 9.99. The van der Waals surface area contributed by atoms with E-state index in [1.165, 1.54) is 6.07 Å². The number of hydrogen-bond acceptors (Lipinski definition) is 5. The zero-order valence-electron chi connectivity index (χ0n) is 16.7. The number of pyridine rings is 1. The van der Waals surface area contributed by atoms with E-state index >= 15 is 0 Å². The van der Waals surface area contributed by atoms with Gasteiger partial charge in [-0.2, -0.15) is 0 Å². The lowest BCUT2D eigenvalue weighted by Crippen LogP contribution is -2.34. The Hall–Kier alpha value is -3.48. The molecule has 0 aliphatic rings. The lowest BCUT2D eigenvalue weighted by molar-refractivity contribution is -0.121. The summed E-state index contributed by atoms with van der Waals surface area (Å²) in [4.78, 5) is 36.3. The molecular weight excluding hydrogens is 368 g/mol. The number of ether oxygens (including phenoxy) is 1. The van der Waals surface area contributed by atoms with Crippen molar-refractivity contribution in [3.8, 4) is 17.1 Å². The van der Waals surface area contributed by atoms with Gasteiger partial charge in [0.2, 0.25) is 5.91 Å². The Balaban J connectivity index is 1.86. The van der Waals surface area contributed by atoms with Crippen molar-refractivity contribution < 1.29 is 9.53 Å². The maximum Gasteiger partial charge on any atom is 0.251 e. The third-order valence-corrected chi connectivity index (χ3v) is 4.54. The molecule has 0 fully saturated rings. The second-order valence-electron chi connectivity index (χ2n) is 7.04. The molecule has 3 rings (SSSR count). The fourth-order valence-electron chi connectivity index (χ4n) is 3.10. The lowest BCUT2D eigenvalue weighted by Gasteiger charge is -2.22. The molecule has 1 unspecified atom stereocenters. The van der Waals surface area contributed by atoms with E-state index in [0.29, 0.717) is 22.8 Å². The summed E-state index contributed by atoms with van der Waals surface area (Å²) in [7, 11) is 1.58. The number of carbonyl (C=O) groups is 1. The summed E-state index contributed by atoms with van der Waals surface area (Å²) in [5.41, 5.74) is 1.73. The zero-order chi connectivity index (χ0) is 20.8. The minimum absolute atomic E-state index is 0.0349. The summed E-state index contributed by atoms with van der Waals surface area (Å²) in [6.45, 7) is 3.95. The Morgan fingerprint density at radius 3 is 2.69 bits per heavy atom. The number of para-hydroxylation sites is 1. The maximum absolute atomic E-state index is 12.7. The number of amides is 1. The predicted octanol–water partition coefficient (Wildman–Crippen LogP) is 2.90. The van der Waals surface area contributed by atoms with Crippen molar-refractivity contribution in [2.24, 2.45) is 5.92 Å². The molecule has 150 valence electrons. The van der Waals surface area contributed by atoms with Gasteiger partial charge in [0, 0.05) is 29.6 Å². The predicted molar refractivity (Wildman–Crippen MR) is 111 cm³/mol. The largest absolute Gasteiger partial charge is 0.496 e. The SMILES string of the molecule is COc1ccccc1CC(=O)NC(c1cc(=O)[nH]c(-c2cccnc2)n1)C(C)C. The van der Waals surface area contributed by atoms with Crippen LogP contribution >= 0.6 is 0 Å². The molecule has 3 aromatic rings. The molecule has 0 aliphatic carbocycles. The van der Waals surface area contributed by atoms with Gasteiger partial charge in [-0.15, -0.1) is 0 Å². The standard InChI is InChI=1S/C22H24N4O3/c1-14(2)21(25-19(27)11-15-7-4-5-9-18(15)29-3)17-12-20(28)26-22(24-17)16-8-6-10-23-13-16/h4-10,12-14,21H,11H2,1-3H3,(H,25,27)(H,24,26,28). The average molecular weight is 392 g/mol. The third kappa shape index (κ3) is 5.07. The molecule has 2 N–H and O–H groups in total. The molecule has 0 saturated heterocycles. The Morgan fingerprint density at radius 1 is 1.21 bits per heavy atom. The van der Waals surface area contributed by atoms with Crippen molar-refractivity contribution in [1.29, 1.82) is 0 Å². The van der Waals surface area contributed by atoms with Gasteiger partial charge in [0.15, 0.2) is 0 Å². The van der Waals surface area contributed by atoms with E-state index in [1.54, 1.807) is 25.6 Å². The number of nitrogens with zero attached hydrogens (tertiary/aromatic N) is 2.